The first-order chi connectivity index (χ1) is 13.2. The molecule has 5 nitrogen and oxygen atoms in total. The second-order valence-electron chi connectivity index (χ2n) is 6.63. The van der Waals surface area contributed by atoms with Gasteiger partial charge in [0, 0.05) is 29.9 Å². The van der Waals surface area contributed by atoms with Crippen molar-refractivity contribution in [3.63, 3.8) is 0 Å². The number of halogens is 1. The lowest BCUT2D eigenvalue weighted by Crippen LogP contribution is -2.37. The number of carbonyl (C=O) groups is 1. The number of carbonyl (C=O) groups excluding carboxylic acids is 1. The van der Waals surface area contributed by atoms with Gasteiger partial charge in [-0.3, -0.25) is 4.79 Å². The van der Waals surface area contributed by atoms with Crippen LogP contribution in [0, 0.1) is 0 Å². The van der Waals surface area contributed by atoms with E-state index in [1.54, 1.807) is 18.0 Å². The van der Waals surface area contributed by atoms with Crippen LogP contribution in [-0.2, 0) is 14.3 Å². The zero-order chi connectivity index (χ0) is 19.3. The number of hydrogen-bond acceptors (Lipinski definition) is 6. The normalized spacial score (nSPS) is 14.4. The van der Waals surface area contributed by atoms with Gasteiger partial charge in [0.1, 0.15) is 5.82 Å². The van der Waals surface area contributed by atoms with Crippen molar-refractivity contribution in [2.45, 2.75) is 56.8 Å². The molecular formula is C20H31ClN2O3S. The molecule has 0 radical (unpaired) electrons. The molecule has 2 rings (SSSR count). The summed E-state index contributed by atoms with van der Waals surface area (Å²) < 4.78 is 10.7. The van der Waals surface area contributed by atoms with Crippen LogP contribution in [-0.4, -0.2) is 49.6 Å². The molecule has 1 aromatic rings. The summed E-state index contributed by atoms with van der Waals surface area (Å²) in [6, 6.07) is 1.90. The number of aromatic nitrogens is 1. The Morgan fingerprint density at radius 2 is 2.00 bits per heavy atom. The quantitative estimate of drug-likeness (QED) is 0.274. The Balaban J connectivity index is 1.65. The zero-order valence-corrected chi connectivity index (χ0v) is 17.8. The average Bonchev–Trinajstić information content (AvgIpc) is 2.69. The van der Waals surface area contributed by atoms with Crippen molar-refractivity contribution < 1.29 is 14.3 Å². The van der Waals surface area contributed by atoms with Crippen LogP contribution >= 0.6 is 23.4 Å². The second-order valence-corrected chi connectivity index (χ2v) is 8.15. The molecule has 0 aromatic carbocycles. The van der Waals surface area contributed by atoms with Crippen LogP contribution in [0.3, 0.4) is 0 Å². The van der Waals surface area contributed by atoms with Crippen molar-refractivity contribution in [1.29, 1.82) is 0 Å². The highest BCUT2D eigenvalue weighted by atomic mass is 35.5. The highest BCUT2D eigenvalue weighted by molar-refractivity contribution is 7.99. The molecule has 0 aliphatic carbocycles. The Labute approximate surface area is 172 Å². The molecule has 1 saturated heterocycles. The average molecular weight is 415 g/mol. The van der Waals surface area contributed by atoms with Gasteiger partial charge in [0.2, 0.25) is 0 Å². The molecule has 152 valence electrons. The molecular weight excluding hydrogens is 384 g/mol. The Morgan fingerprint density at radius 1 is 1.26 bits per heavy atom. The van der Waals surface area contributed by atoms with Crippen LogP contribution in [0.2, 0.25) is 5.02 Å². The number of nitrogens with zero attached hydrogens (tertiary/aromatic N) is 2. The number of anilines is 1. The smallest absolute Gasteiger partial charge is 0.306 e. The summed E-state index contributed by atoms with van der Waals surface area (Å²) in [6.07, 6.45) is 9.32. The molecule has 27 heavy (non-hydrogen) atoms. The van der Waals surface area contributed by atoms with Crippen LogP contribution in [0.1, 0.15) is 51.9 Å². The third-order valence-electron chi connectivity index (χ3n) is 4.47. The number of hydrogen-bond donors (Lipinski definition) is 0. The maximum atomic E-state index is 11.9. The summed E-state index contributed by atoms with van der Waals surface area (Å²) in [4.78, 5) is 19.4. The standard InChI is InChI=1S/C20H31ClN2O3S/c1-2-3-4-5-6-7-13-26-18(24)9-16-27-17-8-10-22-20(19(17)21)23-11-14-25-15-12-23/h8,10H,2-7,9,11-16H2,1H3. The highest BCUT2D eigenvalue weighted by Crippen LogP contribution is 2.34. The predicted molar refractivity (Wildman–Crippen MR) is 112 cm³/mol. The Morgan fingerprint density at radius 3 is 2.78 bits per heavy atom. The summed E-state index contributed by atoms with van der Waals surface area (Å²) >= 11 is 8.11. The van der Waals surface area contributed by atoms with E-state index < -0.39 is 0 Å². The lowest BCUT2D eigenvalue weighted by Gasteiger charge is -2.28. The van der Waals surface area contributed by atoms with E-state index in [9.17, 15) is 4.79 Å². The molecule has 1 aliphatic heterocycles. The van der Waals surface area contributed by atoms with Crippen LogP contribution in [0.25, 0.3) is 0 Å². The van der Waals surface area contributed by atoms with E-state index in [2.05, 4.69) is 16.8 Å². The first-order valence-corrected chi connectivity index (χ1v) is 11.3. The molecule has 0 spiro atoms. The van der Waals surface area contributed by atoms with Crippen LogP contribution in [0.15, 0.2) is 17.2 Å². The van der Waals surface area contributed by atoms with Gasteiger partial charge >= 0.3 is 5.97 Å². The van der Waals surface area contributed by atoms with E-state index in [-0.39, 0.29) is 5.97 Å². The summed E-state index contributed by atoms with van der Waals surface area (Å²) in [5, 5.41) is 0.657. The van der Waals surface area contributed by atoms with Crippen LogP contribution in [0.5, 0.6) is 0 Å². The molecule has 0 saturated carbocycles. The van der Waals surface area contributed by atoms with E-state index in [0.717, 1.165) is 36.6 Å². The fourth-order valence-corrected chi connectivity index (χ4v) is 4.17. The van der Waals surface area contributed by atoms with Gasteiger partial charge in [0.25, 0.3) is 0 Å². The summed E-state index contributed by atoms with van der Waals surface area (Å²) in [5.41, 5.74) is 0. The molecule has 1 aromatic heterocycles. The second kappa shape index (κ2) is 13.2. The van der Waals surface area contributed by atoms with Gasteiger partial charge in [-0.15, -0.1) is 11.8 Å². The minimum absolute atomic E-state index is 0.130. The molecule has 0 N–H and O–H groups in total. The van der Waals surface area contributed by atoms with Crippen molar-refractivity contribution in [1.82, 2.24) is 4.98 Å². The number of thioether (sulfide) groups is 1. The molecule has 1 aliphatic rings. The fraction of sp³-hybridized carbons (Fsp3) is 0.700. The number of esters is 1. The van der Waals surface area contributed by atoms with Gasteiger partial charge in [-0.05, 0) is 12.5 Å². The number of ether oxygens (including phenoxy) is 2. The van der Waals surface area contributed by atoms with Gasteiger partial charge in [-0.25, -0.2) is 4.98 Å². The van der Waals surface area contributed by atoms with Crippen LogP contribution < -0.4 is 4.90 Å². The summed E-state index contributed by atoms with van der Waals surface area (Å²) in [5.74, 6) is 1.33. The molecule has 7 heteroatoms. The lowest BCUT2D eigenvalue weighted by molar-refractivity contribution is -0.143. The maximum absolute atomic E-state index is 11.9. The minimum atomic E-state index is -0.130. The van der Waals surface area contributed by atoms with E-state index in [4.69, 9.17) is 21.1 Å². The third kappa shape index (κ3) is 8.28. The largest absolute Gasteiger partial charge is 0.466 e. The Kier molecular flexibility index (Phi) is 10.9. The predicted octanol–water partition coefficient (Wildman–Crippen LogP) is 4.96. The van der Waals surface area contributed by atoms with Crippen molar-refractivity contribution in [3.8, 4) is 0 Å². The van der Waals surface area contributed by atoms with Crippen LogP contribution in [0.4, 0.5) is 5.82 Å². The number of morpholine rings is 1. The number of unbranched alkanes of at least 4 members (excludes halogenated alkanes) is 5. The Hall–Kier alpha value is -0.980. The van der Waals surface area contributed by atoms with E-state index in [1.807, 2.05) is 6.07 Å². The fourth-order valence-electron chi connectivity index (χ4n) is 2.91. The zero-order valence-electron chi connectivity index (χ0n) is 16.3. The van der Waals surface area contributed by atoms with Gasteiger partial charge in [0.15, 0.2) is 0 Å². The van der Waals surface area contributed by atoms with E-state index >= 15 is 0 Å². The monoisotopic (exact) mass is 414 g/mol. The lowest BCUT2D eigenvalue weighted by atomic mass is 10.1. The SMILES string of the molecule is CCCCCCCCOC(=O)CCSc1ccnc(N2CCOCC2)c1Cl. The van der Waals surface area contributed by atoms with E-state index in [0.29, 0.717) is 37.0 Å². The van der Waals surface area contributed by atoms with Gasteiger partial charge in [0.05, 0.1) is 31.3 Å². The van der Waals surface area contributed by atoms with Gasteiger partial charge in [-0.2, -0.15) is 0 Å². The van der Waals surface area contributed by atoms with Crippen molar-refractivity contribution in [3.05, 3.63) is 17.3 Å². The first kappa shape index (κ1) is 22.3. The molecule has 0 atom stereocenters. The maximum Gasteiger partial charge on any atom is 0.306 e. The summed E-state index contributed by atoms with van der Waals surface area (Å²) in [7, 11) is 0. The Bertz CT molecular complexity index is 568. The van der Waals surface area contributed by atoms with Gasteiger partial charge in [-0.1, -0.05) is 50.6 Å². The molecule has 0 unspecified atom stereocenters. The first-order valence-electron chi connectivity index (χ1n) is 9.98. The minimum Gasteiger partial charge on any atom is -0.466 e. The topological polar surface area (TPSA) is 51.7 Å². The number of rotatable bonds is 12. The third-order valence-corrected chi connectivity index (χ3v) is 6.01. The van der Waals surface area contributed by atoms with Crippen molar-refractivity contribution >= 4 is 35.1 Å². The summed E-state index contributed by atoms with van der Waals surface area (Å²) in [6.45, 7) is 5.73. The van der Waals surface area contributed by atoms with Gasteiger partial charge < -0.3 is 14.4 Å². The van der Waals surface area contributed by atoms with E-state index in [1.165, 1.54) is 25.7 Å². The molecule has 0 bridgehead atoms. The van der Waals surface area contributed by atoms with Crippen molar-refractivity contribution in [2.75, 3.05) is 43.6 Å². The van der Waals surface area contributed by atoms with Crippen molar-refractivity contribution in [2.24, 2.45) is 0 Å². The molecule has 1 fully saturated rings. The molecule has 0 amide bonds. The number of pyridine rings is 1. The highest BCUT2D eigenvalue weighted by Gasteiger charge is 2.17. The molecule has 2 heterocycles.